The van der Waals surface area contributed by atoms with Crippen LogP contribution in [0, 0.1) is 0 Å². The van der Waals surface area contributed by atoms with Gasteiger partial charge in [-0.15, -0.1) is 0 Å². The van der Waals surface area contributed by atoms with Gasteiger partial charge in [-0.1, -0.05) is 19.9 Å². The molecule has 11 nitrogen and oxygen atoms in total. The standard InChI is InChI=1S/C25H34N6O5S/c1-3-12-30(21(33)15-32)17(4-2)7-8-19-22(37(35)36)23(26)31-24(29-19)18(14-28-31)16-6-9-20(27-13-16)25(34)10-5-11-25/h6,9,13-14,17,32,34H,3-5,7-8,10-12,15,26H2,1-2H3,(H,35,36)/p-1/t17-/m1/s1. The zero-order valence-corrected chi connectivity index (χ0v) is 21.9. The number of carbonyl (C=O) groups is 1. The number of nitrogens with zero attached hydrogens (tertiary/aromatic N) is 5. The number of hydrogen-bond donors (Lipinski definition) is 3. The van der Waals surface area contributed by atoms with Crippen molar-refractivity contribution in [3.63, 3.8) is 0 Å². The molecule has 0 bridgehead atoms. The van der Waals surface area contributed by atoms with Crippen LogP contribution >= 0.6 is 0 Å². The number of amides is 1. The summed E-state index contributed by atoms with van der Waals surface area (Å²) in [7, 11) is 0. The zero-order valence-electron chi connectivity index (χ0n) is 21.1. The highest BCUT2D eigenvalue weighted by Gasteiger charge is 2.37. The molecular weight excluding hydrogens is 496 g/mol. The maximum Gasteiger partial charge on any atom is 0.248 e. The fourth-order valence-corrected chi connectivity index (χ4v) is 5.52. The highest BCUT2D eigenvalue weighted by atomic mass is 32.2. The van der Waals surface area contributed by atoms with E-state index in [2.05, 4.69) is 15.1 Å². The number of anilines is 1. The Morgan fingerprint density at radius 2 is 2.08 bits per heavy atom. The number of rotatable bonds is 11. The van der Waals surface area contributed by atoms with E-state index in [1.807, 2.05) is 19.9 Å². The molecule has 1 saturated carbocycles. The van der Waals surface area contributed by atoms with E-state index in [1.54, 1.807) is 23.4 Å². The number of hydrogen-bond acceptors (Lipinski definition) is 9. The Morgan fingerprint density at radius 3 is 2.62 bits per heavy atom. The van der Waals surface area contributed by atoms with E-state index in [4.69, 9.17) is 5.73 Å². The number of aryl methyl sites for hydroxylation is 1. The molecule has 0 aromatic carbocycles. The highest BCUT2D eigenvalue weighted by Crippen LogP contribution is 2.40. The minimum atomic E-state index is -2.65. The Hall–Kier alpha value is -2.93. The lowest BCUT2D eigenvalue weighted by molar-refractivity contribution is -0.136. The predicted molar refractivity (Wildman–Crippen MR) is 137 cm³/mol. The molecule has 1 amide bonds. The molecule has 37 heavy (non-hydrogen) atoms. The van der Waals surface area contributed by atoms with Crippen molar-refractivity contribution in [2.45, 2.75) is 75.3 Å². The van der Waals surface area contributed by atoms with Gasteiger partial charge in [0, 0.05) is 29.9 Å². The third-order valence-electron chi connectivity index (χ3n) is 7.15. The van der Waals surface area contributed by atoms with Crippen molar-refractivity contribution in [3.05, 3.63) is 35.9 Å². The summed E-state index contributed by atoms with van der Waals surface area (Å²) in [5, 5.41) is 24.2. The van der Waals surface area contributed by atoms with Crippen molar-refractivity contribution >= 4 is 28.5 Å². The van der Waals surface area contributed by atoms with Crippen molar-refractivity contribution < 1.29 is 23.8 Å². The Balaban J connectivity index is 1.69. The van der Waals surface area contributed by atoms with Gasteiger partial charge in [0.1, 0.15) is 18.0 Å². The molecule has 1 aliphatic carbocycles. The van der Waals surface area contributed by atoms with E-state index in [0.29, 0.717) is 60.4 Å². The minimum Gasteiger partial charge on any atom is -0.768 e. The first-order valence-electron chi connectivity index (χ1n) is 12.6. The average molecular weight is 530 g/mol. The summed E-state index contributed by atoms with van der Waals surface area (Å²) in [6.07, 6.45) is 7.63. The largest absolute Gasteiger partial charge is 0.768 e. The molecule has 1 unspecified atom stereocenters. The summed E-state index contributed by atoms with van der Waals surface area (Å²) in [5.74, 6) is -0.400. The van der Waals surface area contributed by atoms with Crippen LogP contribution < -0.4 is 5.73 Å². The number of nitrogen functional groups attached to an aromatic ring is 1. The van der Waals surface area contributed by atoms with Crippen LogP contribution in [0.1, 0.15) is 63.8 Å². The smallest absolute Gasteiger partial charge is 0.248 e. The molecular formula is C25H33N6O5S-. The van der Waals surface area contributed by atoms with E-state index >= 15 is 0 Å². The average Bonchev–Trinajstić information content (AvgIpc) is 3.30. The molecule has 2 atom stereocenters. The van der Waals surface area contributed by atoms with Crippen LogP contribution in [0.5, 0.6) is 0 Å². The number of fused-ring (bicyclic) bond motifs is 1. The van der Waals surface area contributed by atoms with Crippen LogP contribution in [0.3, 0.4) is 0 Å². The number of nitrogens with two attached hydrogens (primary N) is 1. The van der Waals surface area contributed by atoms with E-state index in [1.165, 1.54) is 4.52 Å². The number of carbonyl (C=O) groups excluding carboxylic acids is 1. The third kappa shape index (κ3) is 5.24. The summed E-state index contributed by atoms with van der Waals surface area (Å²) in [6.45, 7) is 3.82. The lowest BCUT2D eigenvalue weighted by atomic mass is 9.77. The fourth-order valence-electron chi connectivity index (χ4n) is 4.93. The van der Waals surface area contributed by atoms with E-state index in [-0.39, 0.29) is 29.1 Å². The van der Waals surface area contributed by atoms with Crippen LogP contribution in [-0.4, -0.2) is 68.6 Å². The first-order valence-corrected chi connectivity index (χ1v) is 13.7. The predicted octanol–water partition coefficient (Wildman–Crippen LogP) is 1.93. The molecule has 0 aliphatic heterocycles. The summed E-state index contributed by atoms with van der Waals surface area (Å²) >= 11 is -2.65. The van der Waals surface area contributed by atoms with Crippen LogP contribution in [0.2, 0.25) is 0 Å². The molecule has 1 fully saturated rings. The molecule has 0 spiro atoms. The Morgan fingerprint density at radius 1 is 1.32 bits per heavy atom. The number of aliphatic hydroxyl groups excluding tert-OH is 1. The van der Waals surface area contributed by atoms with Gasteiger partial charge < -0.3 is 25.4 Å². The summed E-state index contributed by atoms with van der Waals surface area (Å²) in [5.41, 5.74) is 8.03. The molecule has 3 aromatic heterocycles. The van der Waals surface area contributed by atoms with Gasteiger partial charge in [0.25, 0.3) is 0 Å². The van der Waals surface area contributed by atoms with Gasteiger partial charge in [0.05, 0.1) is 22.5 Å². The van der Waals surface area contributed by atoms with Gasteiger partial charge in [0.2, 0.25) is 5.91 Å². The second-order valence-corrected chi connectivity index (χ2v) is 10.3. The second kappa shape index (κ2) is 11.2. The van der Waals surface area contributed by atoms with Crippen LogP contribution in [0.4, 0.5) is 5.82 Å². The highest BCUT2D eigenvalue weighted by molar-refractivity contribution is 7.79. The summed E-state index contributed by atoms with van der Waals surface area (Å²) < 4.78 is 25.6. The fraction of sp³-hybridized carbons (Fsp3) is 0.520. The van der Waals surface area contributed by atoms with E-state index in [0.717, 1.165) is 12.8 Å². The normalized spacial score (nSPS) is 16.4. The molecule has 4 N–H and O–H groups in total. The molecule has 0 saturated heterocycles. The van der Waals surface area contributed by atoms with Gasteiger partial charge in [-0.25, -0.2) is 4.98 Å². The minimum absolute atomic E-state index is 0.0437. The molecule has 3 aromatic rings. The number of aliphatic hydroxyl groups is 2. The van der Waals surface area contributed by atoms with Crippen molar-refractivity contribution in [2.75, 3.05) is 18.9 Å². The third-order valence-corrected chi connectivity index (χ3v) is 7.93. The van der Waals surface area contributed by atoms with Crippen molar-refractivity contribution in [1.29, 1.82) is 0 Å². The van der Waals surface area contributed by atoms with Gasteiger partial charge in [-0.2, -0.15) is 9.61 Å². The number of aromatic nitrogens is 4. The Kier molecular flexibility index (Phi) is 8.22. The zero-order chi connectivity index (χ0) is 26.7. The SMILES string of the molecule is CCCN(C(=O)CO)[C@H](CC)CCc1nc2c(-c3ccc(C4(O)CCC4)nc3)cnn2c(N)c1S(=O)[O-]. The van der Waals surface area contributed by atoms with Crippen molar-refractivity contribution in [1.82, 2.24) is 24.5 Å². The van der Waals surface area contributed by atoms with Gasteiger partial charge in [-0.3, -0.25) is 14.0 Å². The number of pyridine rings is 1. The van der Waals surface area contributed by atoms with Crippen molar-refractivity contribution in [2.24, 2.45) is 0 Å². The van der Waals surface area contributed by atoms with E-state index < -0.39 is 23.3 Å². The van der Waals surface area contributed by atoms with Crippen LogP contribution in [0.25, 0.3) is 16.8 Å². The van der Waals surface area contributed by atoms with Crippen LogP contribution in [-0.2, 0) is 27.9 Å². The molecule has 3 heterocycles. The maximum absolute atomic E-state index is 12.3. The molecule has 4 rings (SSSR count). The topological polar surface area (TPSA) is 170 Å². The van der Waals surface area contributed by atoms with Crippen LogP contribution in [0.15, 0.2) is 29.4 Å². The Bertz CT molecular complexity index is 1290. The molecule has 1 aliphatic rings. The lowest BCUT2D eigenvalue weighted by Crippen LogP contribution is -2.42. The van der Waals surface area contributed by atoms with Gasteiger partial charge in [-0.05, 0) is 62.1 Å². The summed E-state index contributed by atoms with van der Waals surface area (Å²) in [6, 6.07) is 3.43. The summed E-state index contributed by atoms with van der Waals surface area (Å²) in [4.78, 5) is 22.9. The van der Waals surface area contributed by atoms with E-state index in [9.17, 15) is 23.8 Å². The van der Waals surface area contributed by atoms with Gasteiger partial charge in [0.15, 0.2) is 5.65 Å². The molecule has 200 valence electrons. The lowest BCUT2D eigenvalue weighted by Gasteiger charge is -2.35. The van der Waals surface area contributed by atoms with Gasteiger partial charge >= 0.3 is 0 Å². The first-order chi connectivity index (χ1) is 17.7. The first kappa shape index (κ1) is 27.1. The molecule has 12 heteroatoms. The maximum atomic E-state index is 12.3. The quantitative estimate of drug-likeness (QED) is 0.314. The van der Waals surface area contributed by atoms with Crippen molar-refractivity contribution in [3.8, 4) is 11.1 Å². The second-order valence-electron chi connectivity index (χ2n) is 9.46. The molecule has 0 radical (unpaired) electrons. The Labute approximate surface area is 218 Å². The monoisotopic (exact) mass is 529 g/mol.